The molecule has 0 aromatic heterocycles. The van der Waals surface area contributed by atoms with Gasteiger partial charge in [-0.3, -0.25) is 4.99 Å². The highest BCUT2D eigenvalue weighted by Gasteiger charge is 2.14. The fraction of sp³-hybridized carbons (Fsp3) is 0.941. The molecule has 0 aromatic carbocycles. The molecule has 2 N–H and O–H groups in total. The molecular formula is C17H37IN4O3. The molecule has 7 nitrogen and oxygen atoms in total. The maximum absolute atomic E-state index is 5.65. The second-order valence-corrected chi connectivity index (χ2v) is 6.14. The third-order valence-corrected chi connectivity index (χ3v) is 3.98. The van der Waals surface area contributed by atoms with E-state index < -0.39 is 0 Å². The first kappa shape index (κ1) is 24.8. The fourth-order valence-electron chi connectivity index (χ4n) is 2.55. The lowest BCUT2D eigenvalue weighted by atomic mass is 10.2. The van der Waals surface area contributed by atoms with Gasteiger partial charge in [-0.15, -0.1) is 24.0 Å². The summed E-state index contributed by atoms with van der Waals surface area (Å²) in [7, 11) is 5.66. The van der Waals surface area contributed by atoms with Crippen molar-refractivity contribution in [1.82, 2.24) is 15.5 Å². The van der Waals surface area contributed by atoms with Crippen LogP contribution in [0.25, 0.3) is 0 Å². The van der Waals surface area contributed by atoms with E-state index in [1.54, 1.807) is 14.2 Å². The summed E-state index contributed by atoms with van der Waals surface area (Å²) in [5.74, 6) is 0.847. The summed E-state index contributed by atoms with van der Waals surface area (Å²) >= 11 is 0. The van der Waals surface area contributed by atoms with Gasteiger partial charge in [0.1, 0.15) is 0 Å². The number of ether oxygens (including phenoxy) is 3. The van der Waals surface area contributed by atoms with Gasteiger partial charge < -0.3 is 29.7 Å². The summed E-state index contributed by atoms with van der Waals surface area (Å²) in [5, 5.41) is 6.64. The minimum atomic E-state index is 0. The first-order valence-electron chi connectivity index (χ1n) is 9.07. The summed E-state index contributed by atoms with van der Waals surface area (Å²) in [6, 6.07) is 0. The molecular weight excluding hydrogens is 435 g/mol. The van der Waals surface area contributed by atoms with E-state index in [-0.39, 0.29) is 24.0 Å². The third-order valence-electron chi connectivity index (χ3n) is 3.98. The second-order valence-electron chi connectivity index (χ2n) is 6.14. The van der Waals surface area contributed by atoms with Crippen LogP contribution in [-0.2, 0) is 14.2 Å². The van der Waals surface area contributed by atoms with Gasteiger partial charge in [0.15, 0.2) is 5.96 Å². The topological polar surface area (TPSA) is 67.4 Å². The number of likely N-dealkylation sites (N-methyl/N-ethyl adjacent to an activating group) is 1. The van der Waals surface area contributed by atoms with Gasteiger partial charge in [0.05, 0.1) is 12.7 Å². The van der Waals surface area contributed by atoms with Crippen molar-refractivity contribution < 1.29 is 14.2 Å². The molecule has 1 heterocycles. The molecule has 8 heteroatoms. The Morgan fingerprint density at radius 1 is 1.20 bits per heavy atom. The summed E-state index contributed by atoms with van der Waals surface area (Å²) in [6.45, 7) is 6.94. The number of methoxy groups -OCH3 is 1. The Balaban J connectivity index is 0.00000576. The van der Waals surface area contributed by atoms with E-state index in [1.807, 2.05) is 0 Å². The van der Waals surface area contributed by atoms with Crippen molar-refractivity contribution in [3.8, 4) is 0 Å². The van der Waals surface area contributed by atoms with Crippen LogP contribution in [0.4, 0.5) is 0 Å². The monoisotopic (exact) mass is 472 g/mol. The highest BCUT2D eigenvalue weighted by atomic mass is 127. The highest BCUT2D eigenvalue weighted by Crippen LogP contribution is 2.11. The Bertz CT molecular complexity index is 329. The molecule has 1 unspecified atom stereocenters. The van der Waals surface area contributed by atoms with E-state index in [4.69, 9.17) is 14.2 Å². The van der Waals surface area contributed by atoms with Gasteiger partial charge in [0.2, 0.25) is 0 Å². The number of rotatable bonds is 13. The Labute approximate surface area is 170 Å². The zero-order chi connectivity index (χ0) is 17.5. The van der Waals surface area contributed by atoms with E-state index in [9.17, 15) is 0 Å². The van der Waals surface area contributed by atoms with Gasteiger partial charge in [-0.2, -0.15) is 0 Å². The van der Waals surface area contributed by atoms with E-state index in [0.717, 1.165) is 77.8 Å². The van der Waals surface area contributed by atoms with Gasteiger partial charge in [0.25, 0.3) is 0 Å². The smallest absolute Gasteiger partial charge is 0.191 e. The van der Waals surface area contributed by atoms with Gasteiger partial charge in [-0.1, -0.05) is 0 Å². The minimum absolute atomic E-state index is 0. The molecule has 0 spiro atoms. The van der Waals surface area contributed by atoms with Crippen molar-refractivity contribution in [2.75, 3.05) is 73.8 Å². The average Bonchev–Trinajstić information content (AvgIpc) is 3.10. The summed E-state index contributed by atoms with van der Waals surface area (Å²) < 4.78 is 16.2. The van der Waals surface area contributed by atoms with Crippen molar-refractivity contribution in [2.45, 2.75) is 31.8 Å². The molecule has 0 amide bonds. The maximum Gasteiger partial charge on any atom is 0.191 e. The predicted octanol–water partition coefficient (Wildman–Crippen LogP) is 1.32. The van der Waals surface area contributed by atoms with Crippen LogP contribution in [-0.4, -0.2) is 90.8 Å². The van der Waals surface area contributed by atoms with Gasteiger partial charge in [0, 0.05) is 60.2 Å². The molecule has 0 bridgehead atoms. The van der Waals surface area contributed by atoms with Crippen LogP contribution in [0.15, 0.2) is 4.99 Å². The first-order valence-corrected chi connectivity index (χ1v) is 9.07. The van der Waals surface area contributed by atoms with Crippen molar-refractivity contribution in [3.63, 3.8) is 0 Å². The van der Waals surface area contributed by atoms with E-state index in [0.29, 0.717) is 6.10 Å². The molecule has 0 aliphatic carbocycles. The Kier molecular flexibility index (Phi) is 17.2. The summed E-state index contributed by atoms with van der Waals surface area (Å²) in [6.07, 6.45) is 4.64. The molecule has 1 rings (SSSR count). The molecule has 150 valence electrons. The summed E-state index contributed by atoms with van der Waals surface area (Å²) in [4.78, 5) is 6.53. The number of halogens is 1. The fourth-order valence-corrected chi connectivity index (χ4v) is 2.55. The van der Waals surface area contributed by atoms with Gasteiger partial charge >= 0.3 is 0 Å². The number of hydrogen-bond donors (Lipinski definition) is 2. The molecule has 1 aliphatic heterocycles. The normalized spacial score (nSPS) is 17.6. The van der Waals surface area contributed by atoms with Crippen LogP contribution in [0.1, 0.15) is 25.7 Å². The Morgan fingerprint density at radius 3 is 2.68 bits per heavy atom. The predicted molar refractivity (Wildman–Crippen MR) is 113 cm³/mol. The Hall–Kier alpha value is -0.160. The lowest BCUT2D eigenvalue weighted by Crippen LogP contribution is -2.41. The molecule has 1 aliphatic rings. The van der Waals surface area contributed by atoms with Crippen molar-refractivity contribution >= 4 is 29.9 Å². The number of aliphatic imine (C=N–C) groups is 1. The molecule has 1 saturated heterocycles. The quantitative estimate of drug-likeness (QED) is 0.183. The molecule has 0 aromatic rings. The number of hydrogen-bond acceptors (Lipinski definition) is 5. The number of nitrogens with zero attached hydrogens (tertiary/aromatic N) is 2. The standard InChI is InChI=1S/C17H36N4O3.HI/c1-18-17(20-9-11-21(2)10-6-12-22-3)19-8-5-13-23-15-16-7-4-14-24-16;/h16H,4-15H2,1-3H3,(H2,18,19,20);1H. The van der Waals surface area contributed by atoms with Crippen LogP contribution in [0.5, 0.6) is 0 Å². The molecule has 1 atom stereocenters. The van der Waals surface area contributed by atoms with Gasteiger partial charge in [-0.25, -0.2) is 0 Å². The minimum Gasteiger partial charge on any atom is -0.385 e. The van der Waals surface area contributed by atoms with Crippen molar-refractivity contribution in [3.05, 3.63) is 0 Å². The van der Waals surface area contributed by atoms with Gasteiger partial charge in [-0.05, 0) is 32.7 Å². The number of guanidine groups is 1. The van der Waals surface area contributed by atoms with Crippen molar-refractivity contribution in [2.24, 2.45) is 4.99 Å². The maximum atomic E-state index is 5.65. The third kappa shape index (κ3) is 13.7. The van der Waals surface area contributed by atoms with Crippen LogP contribution >= 0.6 is 24.0 Å². The van der Waals surface area contributed by atoms with E-state index >= 15 is 0 Å². The summed E-state index contributed by atoms with van der Waals surface area (Å²) in [5.41, 5.74) is 0. The van der Waals surface area contributed by atoms with E-state index in [1.165, 1.54) is 6.42 Å². The number of nitrogens with one attached hydrogen (secondary N) is 2. The van der Waals surface area contributed by atoms with Crippen molar-refractivity contribution in [1.29, 1.82) is 0 Å². The van der Waals surface area contributed by atoms with E-state index in [2.05, 4.69) is 27.6 Å². The van der Waals surface area contributed by atoms with Crippen LogP contribution < -0.4 is 10.6 Å². The molecule has 1 fully saturated rings. The highest BCUT2D eigenvalue weighted by molar-refractivity contribution is 14.0. The zero-order valence-electron chi connectivity index (χ0n) is 16.1. The van der Waals surface area contributed by atoms with Crippen LogP contribution in [0, 0.1) is 0 Å². The van der Waals surface area contributed by atoms with Crippen LogP contribution in [0.2, 0.25) is 0 Å². The van der Waals surface area contributed by atoms with Crippen LogP contribution in [0.3, 0.4) is 0 Å². The second kappa shape index (κ2) is 17.3. The Morgan fingerprint density at radius 2 is 2.00 bits per heavy atom. The lowest BCUT2D eigenvalue weighted by Gasteiger charge is -2.18. The largest absolute Gasteiger partial charge is 0.385 e. The molecule has 0 radical (unpaired) electrons. The molecule has 0 saturated carbocycles. The average molecular weight is 472 g/mol. The molecule has 25 heavy (non-hydrogen) atoms. The first-order chi connectivity index (χ1) is 11.8. The zero-order valence-corrected chi connectivity index (χ0v) is 18.4. The SMILES string of the molecule is CN=C(NCCCOCC1CCCO1)NCCN(C)CCCOC.I. The lowest BCUT2D eigenvalue weighted by molar-refractivity contribution is 0.0168.